The van der Waals surface area contributed by atoms with Gasteiger partial charge < -0.3 is 10.1 Å². The molecule has 0 bridgehead atoms. The van der Waals surface area contributed by atoms with Crippen molar-refractivity contribution in [3.63, 3.8) is 0 Å². The Hall–Kier alpha value is -2.12. The minimum Gasteiger partial charge on any atom is -0.455 e. The maximum absolute atomic E-state index is 11.9. The second-order valence-corrected chi connectivity index (χ2v) is 7.11. The average molecular weight is 394 g/mol. The molecule has 1 atom stereocenters. The minimum absolute atomic E-state index is 0.0417. The van der Waals surface area contributed by atoms with Crippen LogP contribution < -0.4 is 5.32 Å². The zero-order valence-electron chi connectivity index (χ0n) is 14.8. The normalized spacial score (nSPS) is 11.7. The van der Waals surface area contributed by atoms with Crippen molar-refractivity contribution in [3.8, 4) is 0 Å². The Morgan fingerprint density at radius 3 is 2.58 bits per heavy atom. The summed E-state index contributed by atoms with van der Waals surface area (Å²) in [6, 6.07) is 8.83. The number of nitrogens with zero attached hydrogens (tertiary/aromatic N) is 2. The summed E-state index contributed by atoms with van der Waals surface area (Å²) in [4.78, 5) is 32.2. The lowest BCUT2D eigenvalue weighted by Gasteiger charge is -2.14. The number of hydrogen-bond acceptors (Lipinski definition) is 6. The van der Waals surface area contributed by atoms with Gasteiger partial charge in [0, 0.05) is 16.4 Å². The summed E-state index contributed by atoms with van der Waals surface area (Å²) in [5, 5.41) is 3.87. The molecule has 0 aliphatic rings. The van der Waals surface area contributed by atoms with Crippen LogP contribution >= 0.6 is 23.4 Å². The van der Waals surface area contributed by atoms with Gasteiger partial charge in [-0.2, -0.15) is 0 Å². The third kappa shape index (κ3) is 6.65. The number of nitrogens with one attached hydrogen (secondary N) is 1. The Kier molecular flexibility index (Phi) is 7.41. The summed E-state index contributed by atoms with van der Waals surface area (Å²) in [6.07, 6.45) is 0. The van der Waals surface area contributed by atoms with E-state index in [0.29, 0.717) is 10.2 Å². The van der Waals surface area contributed by atoms with Crippen LogP contribution in [0.3, 0.4) is 0 Å². The monoisotopic (exact) mass is 393 g/mol. The summed E-state index contributed by atoms with van der Waals surface area (Å²) >= 11 is 7.12. The SMILES string of the molecule is Cc1cc(C)nc(SCC(=O)OCC(=O)N[C@H](C)c2cccc(Cl)c2)n1. The van der Waals surface area contributed by atoms with E-state index in [9.17, 15) is 9.59 Å². The summed E-state index contributed by atoms with van der Waals surface area (Å²) < 4.78 is 4.99. The van der Waals surface area contributed by atoms with E-state index in [1.54, 1.807) is 12.1 Å². The van der Waals surface area contributed by atoms with Crippen molar-refractivity contribution >= 4 is 35.2 Å². The predicted octanol–water partition coefficient (Wildman–Crippen LogP) is 3.26. The van der Waals surface area contributed by atoms with Crippen LogP contribution in [0.2, 0.25) is 5.02 Å². The first-order valence-electron chi connectivity index (χ1n) is 7.99. The molecule has 0 aliphatic heterocycles. The molecular formula is C18H20ClN3O3S. The van der Waals surface area contributed by atoms with Crippen molar-refractivity contribution in [1.82, 2.24) is 15.3 Å². The van der Waals surface area contributed by atoms with E-state index in [-0.39, 0.29) is 24.3 Å². The highest BCUT2D eigenvalue weighted by Gasteiger charge is 2.13. The van der Waals surface area contributed by atoms with Gasteiger partial charge in [-0.1, -0.05) is 35.5 Å². The van der Waals surface area contributed by atoms with Crippen molar-refractivity contribution in [2.45, 2.75) is 32.0 Å². The van der Waals surface area contributed by atoms with Crippen LogP contribution in [-0.4, -0.2) is 34.2 Å². The zero-order chi connectivity index (χ0) is 19.1. The van der Waals surface area contributed by atoms with Crippen LogP contribution in [0.5, 0.6) is 0 Å². The highest BCUT2D eigenvalue weighted by Crippen LogP contribution is 2.17. The summed E-state index contributed by atoms with van der Waals surface area (Å²) in [7, 11) is 0. The number of aromatic nitrogens is 2. The molecule has 1 heterocycles. The van der Waals surface area contributed by atoms with Gasteiger partial charge in [0.1, 0.15) is 0 Å². The Bertz CT molecular complexity index is 781. The lowest BCUT2D eigenvalue weighted by Crippen LogP contribution is -2.31. The summed E-state index contributed by atoms with van der Waals surface area (Å²) in [5.74, 6) is -0.832. The standard InChI is InChI=1S/C18H20ClN3O3S/c1-11-7-12(2)21-18(20-11)26-10-17(24)25-9-16(23)22-13(3)14-5-4-6-15(19)8-14/h4-8,13H,9-10H2,1-3H3,(H,22,23)/t13-/m1/s1. The van der Waals surface area contributed by atoms with E-state index in [1.807, 2.05) is 39.0 Å². The lowest BCUT2D eigenvalue weighted by molar-refractivity contribution is -0.146. The summed E-state index contributed by atoms with van der Waals surface area (Å²) in [6.45, 7) is 5.22. The summed E-state index contributed by atoms with van der Waals surface area (Å²) in [5.41, 5.74) is 2.55. The van der Waals surface area contributed by atoms with Crippen LogP contribution in [0.1, 0.15) is 29.9 Å². The molecule has 0 aliphatic carbocycles. The number of ether oxygens (including phenoxy) is 1. The molecule has 6 nitrogen and oxygen atoms in total. The highest BCUT2D eigenvalue weighted by atomic mass is 35.5. The molecule has 0 fully saturated rings. The Morgan fingerprint density at radius 2 is 1.92 bits per heavy atom. The van der Waals surface area contributed by atoms with E-state index in [1.165, 1.54) is 11.8 Å². The molecule has 0 saturated carbocycles. The van der Waals surface area contributed by atoms with Crippen LogP contribution in [0.25, 0.3) is 0 Å². The van der Waals surface area contributed by atoms with Gasteiger partial charge in [-0.05, 0) is 44.5 Å². The van der Waals surface area contributed by atoms with Gasteiger partial charge in [0.15, 0.2) is 11.8 Å². The molecule has 1 N–H and O–H groups in total. The predicted molar refractivity (Wildman–Crippen MR) is 101 cm³/mol. The first-order chi connectivity index (χ1) is 12.3. The van der Waals surface area contributed by atoms with Crippen molar-refractivity contribution in [2.24, 2.45) is 0 Å². The fraction of sp³-hybridized carbons (Fsp3) is 0.333. The molecule has 2 aromatic rings. The van der Waals surface area contributed by atoms with Crippen molar-refractivity contribution < 1.29 is 14.3 Å². The van der Waals surface area contributed by atoms with E-state index in [4.69, 9.17) is 16.3 Å². The maximum atomic E-state index is 11.9. The largest absolute Gasteiger partial charge is 0.455 e. The second-order valence-electron chi connectivity index (χ2n) is 5.73. The lowest BCUT2D eigenvalue weighted by atomic mass is 10.1. The molecular weight excluding hydrogens is 374 g/mol. The molecule has 138 valence electrons. The topological polar surface area (TPSA) is 81.2 Å². The molecule has 26 heavy (non-hydrogen) atoms. The van der Waals surface area contributed by atoms with Gasteiger partial charge in [0.05, 0.1) is 11.8 Å². The van der Waals surface area contributed by atoms with Gasteiger partial charge in [0.25, 0.3) is 5.91 Å². The second kappa shape index (κ2) is 9.54. The molecule has 2 rings (SSSR count). The van der Waals surface area contributed by atoms with Crippen LogP contribution in [0.4, 0.5) is 0 Å². The number of esters is 1. The minimum atomic E-state index is -0.497. The van der Waals surface area contributed by atoms with Gasteiger partial charge in [-0.15, -0.1) is 0 Å². The van der Waals surface area contributed by atoms with Gasteiger partial charge in [0.2, 0.25) is 0 Å². The molecule has 1 aromatic carbocycles. The number of amides is 1. The van der Waals surface area contributed by atoms with Gasteiger partial charge in [-0.25, -0.2) is 9.97 Å². The molecule has 1 amide bonds. The quantitative estimate of drug-likeness (QED) is 0.441. The van der Waals surface area contributed by atoms with Crippen LogP contribution in [-0.2, 0) is 14.3 Å². The van der Waals surface area contributed by atoms with E-state index >= 15 is 0 Å². The van der Waals surface area contributed by atoms with Crippen molar-refractivity contribution in [3.05, 3.63) is 52.3 Å². The molecule has 0 spiro atoms. The molecule has 0 saturated heterocycles. The fourth-order valence-electron chi connectivity index (χ4n) is 2.21. The number of carbonyl (C=O) groups excluding carboxylic acids is 2. The van der Waals surface area contributed by atoms with E-state index < -0.39 is 5.97 Å². The first-order valence-corrected chi connectivity index (χ1v) is 9.35. The Morgan fingerprint density at radius 1 is 1.23 bits per heavy atom. The molecule has 0 unspecified atom stereocenters. The third-order valence-electron chi connectivity index (χ3n) is 3.37. The zero-order valence-corrected chi connectivity index (χ0v) is 16.4. The molecule has 8 heteroatoms. The number of aryl methyl sites for hydroxylation is 2. The highest BCUT2D eigenvalue weighted by molar-refractivity contribution is 7.99. The number of rotatable bonds is 7. The Balaban J connectivity index is 1.75. The van der Waals surface area contributed by atoms with Crippen LogP contribution in [0, 0.1) is 13.8 Å². The Labute approximate surface area is 161 Å². The van der Waals surface area contributed by atoms with Crippen LogP contribution in [0.15, 0.2) is 35.5 Å². The average Bonchev–Trinajstić information content (AvgIpc) is 2.57. The molecule has 1 aromatic heterocycles. The molecule has 0 radical (unpaired) electrons. The maximum Gasteiger partial charge on any atom is 0.316 e. The van der Waals surface area contributed by atoms with Crippen molar-refractivity contribution in [1.29, 1.82) is 0 Å². The first kappa shape index (κ1) is 20.2. The number of thioether (sulfide) groups is 1. The van der Waals surface area contributed by atoms with Gasteiger partial charge >= 0.3 is 5.97 Å². The third-order valence-corrected chi connectivity index (χ3v) is 4.43. The van der Waals surface area contributed by atoms with Crippen molar-refractivity contribution in [2.75, 3.05) is 12.4 Å². The van der Waals surface area contributed by atoms with Gasteiger partial charge in [-0.3, -0.25) is 9.59 Å². The van der Waals surface area contributed by atoms with E-state index in [0.717, 1.165) is 17.0 Å². The number of halogens is 1. The number of carbonyl (C=O) groups is 2. The number of benzene rings is 1. The van der Waals surface area contributed by atoms with E-state index in [2.05, 4.69) is 15.3 Å². The smallest absolute Gasteiger partial charge is 0.316 e. The fourth-order valence-corrected chi connectivity index (χ4v) is 3.16. The number of hydrogen-bond donors (Lipinski definition) is 1.